The average Bonchev–Trinajstić information content (AvgIpc) is 2.36. The molecule has 0 radical (unpaired) electrons. The van der Waals surface area contributed by atoms with E-state index in [1.54, 1.807) is 7.11 Å². The van der Waals surface area contributed by atoms with Crippen molar-refractivity contribution < 1.29 is 4.74 Å². The van der Waals surface area contributed by atoms with Gasteiger partial charge >= 0.3 is 0 Å². The summed E-state index contributed by atoms with van der Waals surface area (Å²) in [5.41, 5.74) is 4.55. The van der Waals surface area contributed by atoms with Crippen LogP contribution >= 0.6 is 0 Å². The summed E-state index contributed by atoms with van der Waals surface area (Å²) in [4.78, 5) is 4.47. The van der Waals surface area contributed by atoms with Crippen molar-refractivity contribution in [1.82, 2.24) is 4.98 Å². The molecule has 0 fully saturated rings. The zero-order valence-corrected chi connectivity index (χ0v) is 9.45. The van der Waals surface area contributed by atoms with Gasteiger partial charge in [0.1, 0.15) is 17.1 Å². The molecule has 1 aromatic carbocycles. The molecule has 0 aliphatic rings. The van der Waals surface area contributed by atoms with Gasteiger partial charge in [0.05, 0.1) is 7.11 Å². The molecule has 3 N–H and O–H groups in total. The molecule has 0 saturated heterocycles. The summed E-state index contributed by atoms with van der Waals surface area (Å²) in [7, 11) is 1.64. The highest BCUT2D eigenvalue weighted by Crippen LogP contribution is 2.27. The van der Waals surface area contributed by atoms with Crippen LogP contribution in [0.3, 0.4) is 0 Å². The third kappa shape index (κ3) is 1.67. The number of nitrogen functional groups attached to an aromatic ring is 1. The van der Waals surface area contributed by atoms with E-state index in [1.165, 1.54) is 0 Å². The lowest BCUT2D eigenvalue weighted by Gasteiger charge is -2.10. The van der Waals surface area contributed by atoms with Crippen LogP contribution in [0.5, 0.6) is 5.75 Å². The largest absolute Gasteiger partial charge is 0.494 e. The van der Waals surface area contributed by atoms with Crippen molar-refractivity contribution in [1.29, 1.82) is 0 Å². The van der Waals surface area contributed by atoms with Crippen LogP contribution in [0.2, 0.25) is 0 Å². The Kier molecular flexibility index (Phi) is 2.92. The van der Waals surface area contributed by atoms with E-state index >= 15 is 0 Å². The Morgan fingerprint density at radius 1 is 1.44 bits per heavy atom. The maximum atomic E-state index is 5.46. The number of anilines is 1. The molecule has 0 spiro atoms. The molecule has 0 aliphatic carbocycles. The third-order valence-electron chi connectivity index (χ3n) is 2.63. The highest BCUT2D eigenvalue weighted by atomic mass is 16.5. The first-order valence-electron chi connectivity index (χ1n) is 5.23. The van der Waals surface area contributed by atoms with Gasteiger partial charge in [0.25, 0.3) is 0 Å². The van der Waals surface area contributed by atoms with E-state index in [2.05, 4.69) is 23.4 Å². The van der Waals surface area contributed by atoms with Crippen LogP contribution in [-0.2, 0) is 6.42 Å². The highest BCUT2D eigenvalue weighted by molar-refractivity contribution is 5.86. The summed E-state index contributed by atoms with van der Waals surface area (Å²) in [6.07, 6.45) is 0.889. The molecule has 4 heteroatoms. The smallest absolute Gasteiger partial charge is 0.145 e. The van der Waals surface area contributed by atoms with Crippen molar-refractivity contribution in [3.8, 4) is 5.75 Å². The van der Waals surface area contributed by atoms with E-state index in [0.717, 1.165) is 28.6 Å². The molecule has 1 aromatic heterocycles. The molecule has 2 rings (SSSR count). The first kappa shape index (κ1) is 10.7. The average molecular weight is 217 g/mol. The second-order valence-corrected chi connectivity index (χ2v) is 3.53. The van der Waals surface area contributed by atoms with Gasteiger partial charge < -0.3 is 10.2 Å². The second kappa shape index (κ2) is 4.37. The lowest BCUT2D eigenvalue weighted by molar-refractivity contribution is 0.419. The fraction of sp³-hybridized carbons (Fsp3) is 0.250. The Morgan fingerprint density at radius 2 is 2.25 bits per heavy atom. The standard InChI is InChI=1S/C12H15N3O/c1-3-8-7-9-5-4-6-10(16-2)11(9)14-12(8)15-13/h4-7H,3,13H2,1-2H3,(H,14,15). The molecular formula is C12H15N3O. The van der Waals surface area contributed by atoms with Gasteiger partial charge in [-0.1, -0.05) is 19.1 Å². The number of nitrogens with two attached hydrogens (primary N) is 1. The number of methoxy groups -OCH3 is 1. The van der Waals surface area contributed by atoms with Gasteiger partial charge in [-0.2, -0.15) is 0 Å². The van der Waals surface area contributed by atoms with Gasteiger partial charge in [0, 0.05) is 5.39 Å². The number of pyridine rings is 1. The number of hydrogen-bond acceptors (Lipinski definition) is 4. The lowest BCUT2D eigenvalue weighted by Crippen LogP contribution is -2.11. The third-order valence-corrected chi connectivity index (χ3v) is 2.63. The SMILES string of the molecule is CCc1cc2cccc(OC)c2nc1NN. The summed E-state index contributed by atoms with van der Waals surface area (Å²) in [5, 5.41) is 1.07. The van der Waals surface area contributed by atoms with Crippen molar-refractivity contribution in [2.45, 2.75) is 13.3 Å². The molecule has 1 heterocycles. The van der Waals surface area contributed by atoms with Crippen LogP contribution in [0.1, 0.15) is 12.5 Å². The molecule has 0 unspecified atom stereocenters. The van der Waals surface area contributed by atoms with Crippen molar-refractivity contribution in [2.24, 2.45) is 5.84 Å². The predicted octanol–water partition coefficient (Wildman–Crippen LogP) is 2.09. The zero-order valence-electron chi connectivity index (χ0n) is 9.45. The highest BCUT2D eigenvalue weighted by Gasteiger charge is 2.07. The molecule has 0 atom stereocenters. The number of hydrogen-bond donors (Lipinski definition) is 2. The van der Waals surface area contributed by atoms with Crippen molar-refractivity contribution in [3.05, 3.63) is 29.8 Å². The molecule has 16 heavy (non-hydrogen) atoms. The van der Waals surface area contributed by atoms with E-state index in [9.17, 15) is 0 Å². The van der Waals surface area contributed by atoms with Crippen LogP contribution < -0.4 is 16.0 Å². The first-order valence-corrected chi connectivity index (χ1v) is 5.23. The number of benzene rings is 1. The molecule has 0 amide bonds. The molecule has 0 bridgehead atoms. The minimum Gasteiger partial charge on any atom is -0.494 e. The topological polar surface area (TPSA) is 60.2 Å². The molecule has 4 nitrogen and oxygen atoms in total. The number of nitrogens with one attached hydrogen (secondary N) is 1. The quantitative estimate of drug-likeness (QED) is 0.610. The Morgan fingerprint density at radius 3 is 2.88 bits per heavy atom. The molecule has 0 saturated carbocycles. The number of para-hydroxylation sites is 1. The number of aryl methyl sites for hydroxylation is 1. The van der Waals surface area contributed by atoms with Crippen molar-refractivity contribution in [3.63, 3.8) is 0 Å². The van der Waals surface area contributed by atoms with Crippen LogP contribution in [0, 0.1) is 0 Å². The zero-order chi connectivity index (χ0) is 11.5. The predicted molar refractivity (Wildman–Crippen MR) is 65.5 cm³/mol. The Labute approximate surface area is 94.4 Å². The van der Waals surface area contributed by atoms with Gasteiger partial charge in [-0.05, 0) is 24.1 Å². The minimum atomic E-state index is 0.708. The van der Waals surface area contributed by atoms with Gasteiger partial charge in [-0.15, -0.1) is 0 Å². The van der Waals surface area contributed by atoms with Crippen LogP contribution in [0.15, 0.2) is 24.3 Å². The number of ether oxygens (including phenoxy) is 1. The number of rotatable bonds is 3. The molecular weight excluding hydrogens is 202 g/mol. The number of fused-ring (bicyclic) bond motifs is 1. The van der Waals surface area contributed by atoms with Crippen LogP contribution in [-0.4, -0.2) is 12.1 Å². The number of hydrazine groups is 1. The monoisotopic (exact) mass is 217 g/mol. The fourth-order valence-electron chi connectivity index (χ4n) is 1.77. The molecule has 2 aromatic rings. The summed E-state index contributed by atoms with van der Waals surface area (Å²) < 4.78 is 5.27. The van der Waals surface area contributed by atoms with E-state index in [4.69, 9.17) is 10.6 Å². The maximum Gasteiger partial charge on any atom is 0.145 e. The van der Waals surface area contributed by atoms with Crippen LogP contribution in [0.4, 0.5) is 5.82 Å². The summed E-state index contributed by atoms with van der Waals surface area (Å²) in [5.74, 6) is 6.92. The summed E-state index contributed by atoms with van der Waals surface area (Å²) in [6.45, 7) is 2.07. The maximum absolute atomic E-state index is 5.46. The Hall–Kier alpha value is -1.81. The summed E-state index contributed by atoms with van der Waals surface area (Å²) in [6, 6.07) is 7.95. The van der Waals surface area contributed by atoms with Crippen LogP contribution in [0.25, 0.3) is 10.9 Å². The lowest BCUT2D eigenvalue weighted by atomic mass is 10.1. The van der Waals surface area contributed by atoms with Gasteiger partial charge in [-0.25, -0.2) is 10.8 Å². The second-order valence-electron chi connectivity index (χ2n) is 3.53. The van der Waals surface area contributed by atoms with E-state index in [1.807, 2.05) is 18.2 Å². The molecule has 84 valence electrons. The first-order chi connectivity index (χ1) is 7.80. The number of aromatic nitrogens is 1. The molecule has 0 aliphatic heterocycles. The normalized spacial score (nSPS) is 10.4. The van der Waals surface area contributed by atoms with E-state index in [-0.39, 0.29) is 0 Å². The number of nitrogens with zero attached hydrogens (tertiary/aromatic N) is 1. The van der Waals surface area contributed by atoms with Crippen molar-refractivity contribution in [2.75, 3.05) is 12.5 Å². The fourth-order valence-corrected chi connectivity index (χ4v) is 1.77. The summed E-state index contributed by atoms with van der Waals surface area (Å²) >= 11 is 0. The Bertz CT molecular complexity index is 511. The van der Waals surface area contributed by atoms with Gasteiger partial charge in [0.2, 0.25) is 0 Å². The van der Waals surface area contributed by atoms with Crippen molar-refractivity contribution >= 4 is 16.7 Å². The van der Waals surface area contributed by atoms with E-state index in [0.29, 0.717) is 5.82 Å². The Balaban J connectivity index is 2.72. The van der Waals surface area contributed by atoms with E-state index < -0.39 is 0 Å². The van der Waals surface area contributed by atoms with Gasteiger partial charge in [0.15, 0.2) is 0 Å². The minimum absolute atomic E-state index is 0.708. The van der Waals surface area contributed by atoms with Gasteiger partial charge in [-0.3, -0.25) is 0 Å².